The molecule has 1 aromatic carbocycles. The minimum atomic E-state index is 0.807. The van der Waals surface area contributed by atoms with Gasteiger partial charge in [0.05, 0.1) is 18.6 Å². The monoisotopic (exact) mass is 290 g/mol. The Hall–Kier alpha value is -1.51. The van der Waals surface area contributed by atoms with Crippen molar-refractivity contribution in [2.45, 2.75) is 53.4 Å². The highest BCUT2D eigenvalue weighted by Crippen LogP contribution is 2.28. The van der Waals surface area contributed by atoms with Gasteiger partial charge in [0.2, 0.25) is 0 Å². The number of hydrogen-bond donors (Lipinski definition) is 0. The molecule has 0 unspecified atom stereocenters. The first-order chi connectivity index (χ1) is 10.1. The summed E-state index contributed by atoms with van der Waals surface area (Å²) in [6, 6.07) is 4.21. The van der Waals surface area contributed by atoms with Crippen LogP contribution in [-0.2, 0) is 0 Å². The summed E-state index contributed by atoms with van der Waals surface area (Å²) >= 11 is 0. The summed E-state index contributed by atoms with van der Waals surface area (Å²) in [4.78, 5) is 6.61. The molecule has 0 amide bonds. The third-order valence-corrected chi connectivity index (χ3v) is 3.64. The molecule has 21 heavy (non-hydrogen) atoms. The Morgan fingerprint density at radius 1 is 1.10 bits per heavy atom. The Morgan fingerprint density at radius 2 is 1.86 bits per heavy atom. The van der Waals surface area contributed by atoms with E-state index in [0.29, 0.717) is 0 Å². The zero-order valence-corrected chi connectivity index (χ0v) is 14.3. The molecule has 118 valence electrons. The number of aryl methyl sites for hydroxylation is 2. The van der Waals surface area contributed by atoms with E-state index >= 15 is 0 Å². The van der Waals surface area contributed by atoms with E-state index in [2.05, 4.69) is 49.7 Å². The lowest BCUT2D eigenvalue weighted by Crippen LogP contribution is -2.14. The van der Waals surface area contributed by atoms with Gasteiger partial charge in [-0.05, 0) is 50.5 Å². The molecule has 0 saturated heterocycles. The molecule has 0 bridgehead atoms. The molecule has 0 aliphatic carbocycles. The van der Waals surface area contributed by atoms with Gasteiger partial charge in [-0.1, -0.05) is 26.2 Å². The maximum absolute atomic E-state index is 5.90. The van der Waals surface area contributed by atoms with Gasteiger partial charge in [-0.2, -0.15) is 0 Å². The number of benzene rings is 1. The van der Waals surface area contributed by atoms with Crippen LogP contribution < -0.4 is 4.74 Å². The minimum Gasteiger partial charge on any atom is -0.493 e. The molecule has 0 heterocycles. The first kappa shape index (κ1) is 17.5. The fourth-order valence-corrected chi connectivity index (χ4v) is 2.02. The fourth-order valence-electron chi connectivity index (χ4n) is 2.02. The van der Waals surface area contributed by atoms with Crippen LogP contribution in [0, 0.1) is 13.8 Å². The van der Waals surface area contributed by atoms with Gasteiger partial charge in [0.25, 0.3) is 0 Å². The predicted octanol–water partition coefficient (Wildman–Crippen LogP) is 4.87. The van der Waals surface area contributed by atoms with E-state index in [9.17, 15) is 0 Å². The van der Waals surface area contributed by atoms with Gasteiger partial charge in [0.15, 0.2) is 0 Å². The lowest BCUT2D eigenvalue weighted by molar-refractivity contribution is 0.303. The molecule has 0 saturated carbocycles. The molecule has 3 heteroatoms. The van der Waals surface area contributed by atoms with Crippen molar-refractivity contribution in [2.24, 2.45) is 4.99 Å². The predicted molar refractivity (Wildman–Crippen MR) is 92.0 cm³/mol. The highest BCUT2D eigenvalue weighted by Gasteiger charge is 2.05. The van der Waals surface area contributed by atoms with Crippen LogP contribution in [0.1, 0.15) is 50.7 Å². The lowest BCUT2D eigenvalue weighted by atomic mass is 10.1. The standard InChI is InChI=1S/C18H30N2O/c1-6-8-9-10-11-21-18-13-15(3)17(12-16(18)4)19-14-20(5)7-2/h12-14H,6-11H2,1-5H3/b19-14+. The maximum Gasteiger partial charge on any atom is 0.122 e. The normalized spacial score (nSPS) is 11.1. The molecular weight excluding hydrogens is 260 g/mol. The van der Waals surface area contributed by atoms with Crippen molar-refractivity contribution in [1.29, 1.82) is 0 Å². The Morgan fingerprint density at radius 3 is 2.52 bits per heavy atom. The highest BCUT2D eigenvalue weighted by molar-refractivity contribution is 5.64. The van der Waals surface area contributed by atoms with Crippen LogP contribution in [0.4, 0.5) is 5.69 Å². The quantitative estimate of drug-likeness (QED) is 0.368. The van der Waals surface area contributed by atoms with Crippen molar-refractivity contribution in [3.63, 3.8) is 0 Å². The number of rotatable bonds is 9. The number of hydrogen-bond acceptors (Lipinski definition) is 2. The third kappa shape index (κ3) is 6.19. The van der Waals surface area contributed by atoms with Gasteiger partial charge in [0.1, 0.15) is 5.75 Å². The summed E-state index contributed by atoms with van der Waals surface area (Å²) in [5, 5.41) is 0. The topological polar surface area (TPSA) is 24.8 Å². The molecule has 0 aliphatic heterocycles. The van der Waals surface area contributed by atoms with Crippen molar-refractivity contribution < 1.29 is 4.74 Å². The summed E-state index contributed by atoms with van der Waals surface area (Å²) < 4.78 is 5.90. The molecule has 0 radical (unpaired) electrons. The van der Waals surface area contributed by atoms with Crippen LogP contribution in [-0.4, -0.2) is 31.4 Å². The second-order valence-electron chi connectivity index (χ2n) is 5.63. The van der Waals surface area contributed by atoms with E-state index in [1.54, 1.807) is 0 Å². The van der Waals surface area contributed by atoms with E-state index in [-0.39, 0.29) is 0 Å². The largest absolute Gasteiger partial charge is 0.493 e. The summed E-state index contributed by atoms with van der Waals surface area (Å²) in [7, 11) is 2.03. The first-order valence-electron chi connectivity index (χ1n) is 8.07. The SMILES string of the molecule is CCCCCCOc1cc(C)c(/N=C/N(C)CC)cc1C. The van der Waals surface area contributed by atoms with Crippen LogP contribution in [0.5, 0.6) is 5.75 Å². The smallest absolute Gasteiger partial charge is 0.122 e. The zero-order valence-electron chi connectivity index (χ0n) is 14.3. The van der Waals surface area contributed by atoms with Gasteiger partial charge < -0.3 is 9.64 Å². The Balaban J connectivity index is 2.64. The Kier molecular flexibility index (Phi) is 7.88. The third-order valence-electron chi connectivity index (χ3n) is 3.64. The van der Waals surface area contributed by atoms with Crippen molar-refractivity contribution >= 4 is 12.0 Å². The van der Waals surface area contributed by atoms with E-state index in [1.807, 2.05) is 13.4 Å². The number of unbranched alkanes of at least 4 members (excludes halogenated alkanes) is 3. The lowest BCUT2D eigenvalue weighted by Gasteiger charge is -2.13. The van der Waals surface area contributed by atoms with Gasteiger partial charge in [0, 0.05) is 13.6 Å². The van der Waals surface area contributed by atoms with Crippen LogP contribution in [0.2, 0.25) is 0 Å². The average Bonchev–Trinajstić information content (AvgIpc) is 2.48. The zero-order chi connectivity index (χ0) is 15.7. The van der Waals surface area contributed by atoms with Crippen LogP contribution in [0.3, 0.4) is 0 Å². The second kappa shape index (κ2) is 9.43. The molecule has 0 aliphatic rings. The van der Waals surface area contributed by atoms with Crippen molar-refractivity contribution in [3.05, 3.63) is 23.3 Å². The summed E-state index contributed by atoms with van der Waals surface area (Å²) in [5.74, 6) is 0.992. The molecular formula is C18H30N2O. The van der Waals surface area contributed by atoms with Gasteiger partial charge >= 0.3 is 0 Å². The molecule has 0 aromatic heterocycles. The highest BCUT2D eigenvalue weighted by atomic mass is 16.5. The molecule has 0 fully saturated rings. The Bertz CT molecular complexity index is 455. The van der Waals surface area contributed by atoms with Crippen molar-refractivity contribution in [1.82, 2.24) is 4.90 Å². The van der Waals surface area contributed by atoms with E-state index in [4.69, 9.17) is 4.74 Å². The number of aliphatic imine (C=N–C) groups is 1. The van der Waals surface area contributed by atoms with Crippen molar-refractivity contribution in [3.8, 4) is 5.75 Å². The summed E-state index contributed by atoms with van der Waals surface area (Å²) in [5.41, 5.74) is 3.33. The minimum absolute atomic E-state index is 0.807. The maximum atomic E-state index is 5.90. The van der Waals surface area contributed by atoms with E-state index in [1.165, 1.54) is 19.3 Å². The second-order valence-corrected chi connectivity index (χ2v) is 5.63. The summed E-state index contributed by atoms with van der Waals surface area (Å²) in [6.45, 7) is 10.3. The average molecular weight is 290 g/mol. The van der Waals surface area contributed by atoms with Crippen LogP contribution >= 0.6 is 0 Å². The Labute approximate surface area is 130 Å². The molecule has 3 nitrogen and oxygen atoms in total. The summed E-state index contributed by atoms with van der Waals surface area (Å²) in [6.07, 6.45) is 6.82. The van der Waals surface area contributed by atoms with Crippen LogP contribution in [0.15, 0.2) is 17.1 Å². The molecule has 0 N–H and O–H groups in total. The van der Waals surface area contributed by atoms with E-state index < -0.39 is 0 Å². The number of nitrogens with zero attached hydrogens (tertiary/aromatic N) is 2. The van der Waals surface area contributed by atoms with Gasteiger partial charge in [-0.15, -0.1) is 0 Å². The first-order valence-corrected chi connectivity index (χ1v) is 8.07. The van der Waals surface area contributed by atoms with E-state index in [0.717, 1.165) is 42.1 Å². The fraction of sp³-hybridized carbons (Fsp3) is 0.611. The van der Waals surface area contributed by atoms with Crippen LogP contribution in [0.25, 0.3) is 0 Å². The van der Waals surface area contributed by atoms with Gasteiger partial charge in [-0.3, -0.25) is 0 Å². The molecule has 0 spiro atoms. The number of ether oxygens (including phenoxy) is 1. The molecule has 1 aromatic rings. The van der Waals surface area contributed by atoms with Gasteiger partial charge in [-0.25, -0.2) is 4.99 Å². The molecule has 1 rings (SSSR count). The molecule has 0 atom stereocenters. The van der Waals surface area contributed by atoms with Crippen molar-refractivity contribution in [2.75, 3.05) is 20.2 Å².